The van der Waals surface area contributed by atoms with Gasteiger partial charge in [0.2, 0.25) is 5.91 Å². The number of aromatic hydroxyl groups is 1. The van der Waals surface area contributed by atoms with Gasteiger partial charge < -0.3 is 10.4 Å². The molecule has 0 aliphatic rings. The van der Waals surface area contributed by atoms with Crippen molar-refractivity contribution < 1.29 is 14.3 Å². The number of nitrogens with one attached hydrogen (secondary N) is 1. The SMILES string of the molecule is CC(=O)Nc1ccc(-c2csc(-c3ccc(O)cc3)n2)c(F)c1. The molecule has 0 radical (unpaired) electrons. The van der Waals surface area contributed by atoms with E-state index in [1.54, 1.807) is 41.8 Å². The van der Waals surface area contributed by atoms with E-state index in [0.717, 1.165) is 10.6 Å². The van der Waals surface area contributed by atoms with Gasteiger partial charge >= 0.3 is 0 Å². The minimum absolute atomic E-state index is 0.185. The van der Waals surface area contributed by atoms with Crippen LogP contribution >= 0.6 is 11.3 Å². The summed E-state index contributed by atoms with van der Waals surface area (Å²) in [6.45, 7) is 1.37. The number of aromatic nitrogens is 1. The Morgan fingerprint density at radius 3 is 2.61 bits per heavy atom. The number of nitrogens with zero attached hydrogens (tertiary/aromatic N) is 1. The number of benzene rings is 2. The van der Waals surface area contributed by atoms with Gasteiger partial charge in [-0.3, -0.25) is 4.79 Å². The third-order valence-corrected chi connectivity index (χ3v) is 4.08. The van der Waals surface area contributed by atoms with E-state index >= 15 is 0 Å². The number of hydrogen-bond donors (Lipinski definition) is 2. The van der Waals surface area contributed by atoms with Gasteiger partial charge in [0.05, 0.1) is 5.69 Å². The average Bonchev–Trinajstić information content (AvgIpc) is 2.97. The molecule has 116 valence electrons. The van der Waals surface area contributed by atoms with Gasteiger partial charge in [-0.05, 0) is 42.5 Å². The van der Waals surface area contributed by atoms with Crippen LogP contribution in [0.25, 0.3) is 21.8 Å². The third kappa shape index (κ3) is 3.37. The Bertz CT molecular complexity index is 859. The molecule has 0 aliphatic heterocycles. The molecule has 0 saturated carbocycles. The number of halogens is 1. The first-order valence-corrected chi connectivity index (χ1v) is 7.73. The number of hydrogen-bond acceptors (Lipinski definition) is 4. The Labute approximate surface area is 136 Å². The highest BCUT2D eigenvalue weighted by Gasteiger charge is 2.11. The van der Waals surface area contributed by atoms with Crippen LogP contribution < -0.4 is 5.32 Å². The summed E-state index contributed by atoms with van der Waals surface area (Å²) in [6.07, 6.45) is 0. The van der Waals surface area contributed by atoms with Crippen LogP contribution in [-0.2, 0) is 4.79 Å². The van der Waals surface area contributed by atoms with Crippen molar-refractivity contribution in [2.45, 2.75) is 6.92 Å². The van der Waals surface area contributed by atoms with E-state index in [9.17, 15) is 14.3 Å². The normalized spacial score (nSPS) is 10.5. The Morgan fingerprint density at radius 2 is 1.96 bits per heavy atom. The fourth-order valence-corrected chi connectivity index (χ4v) is 2.96. The monoisotopic (exact) mass is 328 g/mol. The molecule has 3 rings (SSSR count). The van der Waals surface area contributed by atoms with E-state index in [4.69, 9.17) is 0 Å². The Morgan fingerprint density at radius 1 is 1.22 bits per heavy atom. The molecule has 0 fully saturated rings. The van der Waals surface area contributed by atoms with Crippen molar-refractivity contribution in [2.24, 2.45) is 0 Å². The Balaban J connectivity index is 1.91. The zero-order valence-corrected chi connectivity index (χ0v) is 13.0. The van der Waals surface area contributed by atoms with Crippen molar-refractivity contribution in [1.82, 2.24) is 4.98 Å². The molecular formula is C17H13FN2O2S. The highest BCUT2D eigenvalue weighted by molar-refractivity contribution is 7.13. The van der Waals surface area contributed by atoms with Crippen molar-refractivity contribution in [2.75, 3.05) is 5.32 Å². The largest absolute Gasteiger partial charge is 0.508 e. The summed E-state index contributed by atoms with van der Waals surface area (Å²) in [4.78, 5) is 15.4. The summed E-state index contributed by atoms with van der Waals surface area (Å²) >= 11 is 1.40. The number of carbonyl (C=O) groups is 1. The van der Waals surface area contributed by atoms with Crippen LogP contribution in [0.5, 0.6) is 5.75 Å². The second-order valence-electron chi connectivity index (χ2n) is 4.96. The minimum Gasteiger partial charge on any atom is -0.508 e. The molecule has 0 unspecified atom stereocenters. The Kier molecular flexibility index (Phi) is 4.08. The molecule has 0 aliphatic carbocycles. The number of carbonyl (C=O) groups excluding carboxylic acids is 1. The molecule has 0 bridgehead atoms. The summed E-state index contributed by atoms with van der Waals surface area (Å²) in [6, 6.07) is 11.2. The lowest BCUT2D eigenvalue weighted by Gasteiger charge is -2.04. The molecule has 2 aromatic carbocycles. The second-order valence-corrected chi connectivity index (χ2v) is 5.82. The first-order valence-electron chi connectivity index (χ1n) is 6.85. The Hall–Kier alpha value is -2.73. The first-order chi connectivity index (χ1) is 11.0. The quantitative estimate of drug-likeness (QED) is 0.754. The predicted molar refractivity (Wildman–Crippen MR) is 88.9 cm³/mol. The maximum atomic E-state index is 14.2. The van der Waals surface area contributed by atoms with Crippen molar-refractivity contribution in [3.05, 3.63) is 53.7 Å². The molecular weight excluding hydrogens is 315 g/mol. The van der Waals surface area contributed by atoms with Crippen molar-refractivity contribution in [1.29, 1.82) is 0 Å². The zero-order chi connectivity index (χ0) is 16.4. The van der Waals surface area contributed by atoms with Crippen LogP contribution in [0.15, 0.2) is 47.8 Å². The van der Waals surface area contributed by atoms with Gasteiger partial charge in [0.1, 0.15) is 16.6 Å². The smallest absolute Gasteiger partial charge is 0.221 e. The first kappa shape index (κ1) is 15.2. The van der Waals surface area contributed by atoms with Gasteiger partial charge in [0.25, 0.3) is 0 Å². The van der Waals surface area contributed by atoms with E-state index in [1.807, 2.05) is 0 Å². The van der Waals surface area contributed by atoms with E-state index in [0.29, 0.717) is 16.9 Å². The predicted octanol–water partition coefficient (Wildman–Crippen LogP) is 4.28. The highest BCUT2D eigenvalue weighted by atomic mass is 32.1. The molecule has 0 saturated heterocycles. The fourth-order valence-electron chi connectivity index (χ4n) is 2.14. The van der Waals surface area contributed by atoms with E-state index in [-0.39, 0.29) is 11.7 Å². The number of rotatable bonds is 3. The number of phenols is 1. The van der Waals surface area contributed by atoms with Crippen LogP contribution in [0.3, 0.4) is 0 Å². The molecule has 2 N–H and O–H groups in total. The summed E-state index contributed by atoms with van der Waals surface area (Å²) in [5.41, 5.74) is 2.17. The van der Waals surface area contributed by atoms with Gasteiger partial charge in [0, 0.05) is 29.1 Å². The summed E-state index contributed by atoms with van der Waals surface area (Å²) in [7, 11) is 0. The molecule has 0 atom stereocenters. The van der Waals surface area contributed by atoms with Gasteiger partial charge in [-0.25, -0.2) is 9.37 Å². The molecule has 3 aromatic rings. The molecule has 6 heteroatoms. The topological polar surface area (TPSA) is 62.2 Å². The van der Waals surface area contributed by atoms with Crippen molar-refractivity contribution in [3.63, 3.8) is 0 Å². The van der Waals surface area contributed by atoms with E-state index < -0.39 is 5.82 Å². The van der Waals surface area contributed by atoms with Gasteiger partial charge in [-0.1, -0.05) is 0 Å². The lowest BCUT2D eigenvalue weighted by Crippen LogP contribution is -2.05. The fraction of sp³-hybridized carbons (Fsp3) is 0.0588. The van der Waals surface area contributed by atoms with Crippen molar-refractivity contribution >= 4 is 22.9 Å². The van der Waals surface area contributed by atoms with Crippen LogP contribution in [0, 0.1) is 5.82 Å². The van der Waals surface area contributed by atoms with Crippen LogP contribution in [0.2, 0.25) is 0 Å². The van der Waals surface area contributed by atoms with Crippen LogP contribution in [-0.4, -0.2) is 16.0 Å². The molecule has 0 spiro atoms. The molecule has 23 heavy (non-hydrogen) atoms. The molecule has 1 heterocycles. The molecule has 1 aromatic heterocycles. The van der Waals surface area contributed by atoms with E-state index in [2.05, 4.69) is 10.3 Å². The van der Waals surface area contributed by atoms with Crippen LogP contribution in [0.4, 0.5) is 10.1 Å². The van der Waals surface area contributed by atoms with E-state index in [1.165, 1.54) is 24.3 Å². The summed E-state index contributed by atoms with van der Waals surface area (Å²) in [5, 5.41) is 14.4. The lowest BCUT2D eigenvalue weighted by atomic mass is 10.1. The van der Waals surface area contributed by atoms with Gasteiger partial charge in [-0.15, -0.1) is 11.3 Å². The molecule has 4 nitrogen and oxygen atoms in total. The number of anilines is 1. The summed E-state index contributed by atoms with van der Waals surface area (Å²) < 4.78 is 14.2. The average molecular weight is 328 g/mol. The standard InChI is InChI=1S/C17H13FN2O2S/c1-10(21)19-12-4-7-14(15(18)8-12)16-9-23-17(20-16)11-2-5-13(22)6-3-11/h2-9,22H,1H3,(H,19,21). The number of phenolic OH excluding ortho intramolecular Hbond substituents is 1. The van der Waals surface area contributed by atoms with Crippen LogP contribution in [0.1, 0.15) is 6.92 Å². The maximum Gasteiger partial charge on any atom is 0.221 e. The maximum absolute atomic E-state index is 14.2. The van der Waals surface area contributed by atoms with Crippen molar-refractivity contribution in [3.8, 4) is 27.6 Å². The zero-order valence-electron chi connectivity index (χ0n) is 12.2. The highest BCUT2D eigenvalue weighted by Crippen LogP contribution is 2.31. The number of amides is 1. The molecule has 1 amide bonds. The second kappa shape index (κ2) is 6.18. The minimum atomic E-state index is -0.446. The lowest BCUT2D eigenvalue weighted by molar-refractivity contribution is -0.114. The third-order valence-electron chi connectivity index (χ3n) is 3.18. The van der Waals surface area contributed by atoms with Gasteiger partial charge in [0.15, 0.2) is 0 Å². The number of thiazole rings is 1. The summed E-state index contributed by atoms with van der Waals surface area (Å²) in [5.74, 6) is -0.510. The van der Waals surface area contributed by atoms with Gasteiger partial charge in [-0.2, -0.15) is 0 Å².